The molecule has 0 radical (unpaired) electrons. The molecule has 0 aliphatic carbocycles. The number of carbonyl (C=O) groups is 1. The van der Waals surface area contributed by atoms with E-state index >= 15 is 0 Å². The van der Waals surface area contributed by atoms with Crippen LogP contribution in [0.25, 0.3) is 6.08 Å². The predicted octanol–water partition coefficient (Wildman–Crippen LogP) is 4.42. The smallest absolute Gasteiger partial charge is 0.200 e. The van der Waals surface area contributed by atoms with E-state index in [-0.39, 0.29) is 5.78 Å². The molecule has 0 bridgehead atoms. The third kappa shape index (κ3) is 2.62. The van der Waals surface area contributed by atoms with Crippen LogP contribution in [0.2, 0.25) is 0 Å². The van der Waals surface area contributed by atoms with Crippen LogP contribution in [0, 0.1) is 0 Å². The normalized spacial score (nSPS) is 15.0. The summed E-state index contributed by atoms with van der Waals surface area (Å²) in [4.78, 5) is 14.2. The molecule has 1 heterocycles. The van der Waals surface area contributed by atoms with E-state index in [2.05, 4.69) is 0 Å². The Labute approximate surface area is 133 Å². The van der Waals surface area contributed by atoms with E-state index in [1.807, 2.05) is 55.5 Å². The Morgan fingerprint density at radius 1 is 1.14 bits per heavy atom. The zero-order valence-electron chi connectivity index (χ0n) is 12.5. The van der Waals surface area contributed by atoms with Gasteiger partial charge in [-0.15, -0.1) is 0 Å². The van der Waals surface area contributed by atoms with Crippen molar-refractivity contribution in [2.45, 2.75) is 11.8 Å². The number of Topliss-reactive ketones (excluding diaryl/α,β-unsaturated/α-hetero) is 1. The van der Waals surface area contributed by atoms with Gasteiger partial charge in [0.1, 0.15) is 0 Å². The molecule has 1 aliphatic rings. The van der Waals surface area contributed by atoms with Gasteiger partial charge in [0.05, 0.1) is 18.6 Å². The second-order valence-corrected chi connectivity index (χ2v) is 5.83. The van der Waals surface area contributed by atoms with Gasteiger partial charge in [-0.05, 0) is 31.2 Å². The highest BCUT2D eigenvalue weighted by Crippen LogP contribution is 2.42. The molecule has 0 atom stereocenters. The molecule has 0 spiro atoms. The number of ether oxygens (including phenoxy) is 2. The van der Waals surface area contributed by atoms with Crippen LogP contribution < -0.4 is 9.47 Å². The monoisotopic (exact) mass is 312 g/mol. The minimum Gasteiger partial charge on any atom is -0.492 e. The maximum Gasteiger partial charge on any atom is 0.200 e. The van der Waals surface area contributed by atoms with E-state index in [4.69, 9.17) is 9.47 Å². The third-order valence-electron chi connectivity index (χ3n) is 3.38. The van der Waals surface area contributed by atoms with Crippen molar-refractivity contribution < 1.29 is 14.3 Å². The molecule has 0 aromatic heterocycles. The summed E-state index contributed by atoms with van der Waals surface area (Å²) in [5.41, 5.74) is 1.61. The van der Waals surface area contributed by atoms with Crippen molar-refractivity contribution in [3.8, 4) is 11.5 Å². The third-order valence-corrected chi connectivity index (χ3v) is 4.47. The van der Waals surface area contributed by atoms with E-state index in [1.54, 1.807) is 7.11 Å². The number of thioether (sulfide) groups is 1. The Bertz CT molecular complexity index is 750. The topological polar surface area (TPSA) is 35.5 Å². The van der Waals surface area contributed by atoms with Crippen LogP contribution >= 0.6 is 11.8 Å². The Morgan fingerprint density at radius 2 is 1.95 bits per heavy atom. The summed E-state index contributed by atoms with van der Waals surface area (Å²) in [6, 6.07) is 13.3. The van der Waals surface area contributed by atoms with Gasteiger partial charge in [0.2, 0.25) is 5.78 Å². The highest BCUT2D eigenvalue weighted by atomic mass is 32.2. The molecule has 0 unspecified atom stereocenters. The molecule has 2 aromatic rings. The molecule has 0 saturated carbocycles. The van der Waals surface area contributed by atoms with Crippen LogP contribution in [0.3, 0.4) is 0 Å². The Kier molecular flexibility index (Phi) is 4.20. The van der Waals surface area contributed by atoms with Gasteiger partial charge in [0, 0.05) is 16.0 Å². The molecule has 0 saturated heterocycles. The van der Waals surface area contributed by atoms with Gasteiger partial charge in [-0.25, -0.2) is 0 Å². The highest BCUT2D eigenvalue weighted by Gasteiger charge is 2.25. The molecular weight excluding hydrogens is 296 g/mol. The maximum absolute atomic E-state index is 12.5. The standard InChI is InChI=1S/C18H16O3S/c1-3-21-14-9-6-7-12(18(14)20-2)11-16-17(19)13-8-4-5-10-15(13)22-16/h4-11H,3H2,1-2H3/b16-11-. The van der Waals surface area contributed by atoms with Gasteiger partial charge < -0.3 is 9.47 Å². The molecule has 1 aliphatic heterocycles. The van der Waals surface area contributed by atoms with Crippen molar-refractivity contribution in [2.24, 2.45) is 0 Å². The van der Waals surface area contributed by atoms with Crippen molar-refractivity contribution in [3.63, 3.8) is 0 Å². The SMILES string of the molecule is CCOc1cccc(/C=C2\Sc3ccccc3C2=O)c1OC. The van der Waals surface area contributed by atoms with Gasteiger partial charge in [-0.2, -0.15) is 0 Å². The number of para-hydroxylation sites is 1. The van der Waals surface area contributed by atoms with Gasteiger partial charge in [0.25, 0.3) is 0 Å². The van der Waals surface area contributed by atoms with E-state index < -0.39 is 0 Å². The number of fused-ring (bicyclic) bond motifs is 1. The predicted molar refractivity (Wildman–Crippen MR) is 88.8 cm³/mol. The van der Waals surface area contributed by atoms with Gasteiger partial charge in [0.15, 0.2) is 11.5 Å². The first-order valence-corrected chi connectivity index (χ1v) is 7.89. The van der Waals surface area contributed by atoms with Crippen LogP contribution in [0.1, 0.15) is 22.8 Å². The Morgan fingerprint density at radius 3 is 2.68 bits per heavy atom. The lowest BCUT2D eigenvalue weighted by molar-refractivity contribution is 0.104. The number of ketones is 1. The summed E-state index contributed by atoms with van der Waals surface area (Å²) in [6.45, 7) is 2.49. The number of hydrogen-bond acceptors (Lipinski definition) is 4. The number of allylic oxidation sites excluding steroid dienone is 1. The minimum atomic E-state index is 0.0597. The lowest BCUT2D eigenvalue weighted by atomic mass is 10.1. The van der Waals surface area contributed by atoms with Gasteiger partial charge in [-0.1, -0.05) is 36.0 Å². The van der Waals surface area contributed by atoms with E-state index in [9.17, 15) is 4.79 Å². The number of carbonyl (C=O) groups excluding carboxylic acids is 1. The van der Waals surface area contributed by atoms with Crippen LogP contribution in [0.4, 0.5) is 0 Å². The largest absolute Gasteiger partial charge is 0.492 e. The van der Waals surface area contributed by atoms with Crippen molar-refractivity contribution in [3.05, 3.63) is 58.5 Å². The Balaban J connectivity index is 2.00. The number of methoxy groups -OCH3 is 1. The average Bonchev–Trinajstić information content (AvgIpc) is 2.85. The van der Waals surface area contributed by atoms with Crippen molar-refractivity contribution >= 4 is 23.6 Å². The fourth-order valence-electron chi connectivity index (χ4n) is 2.41. The first-order valence-electron chi connectivity index (χ1n) is 7.07. The summed E-state index contributed by atoms with van der Waals surface area (Å²) < 4.78 is 11.0. The molecule has 22 heavy (non-hydrogen) atoms. The Hall–Kier alpha value is -2.20. The van der Waals surface area contributed by atoms with Crippen molar-refractivity contribution in [1.82, 2.24) is 0 Å². The van der Waals surface area contributed by atoms with Crippen LogP contribution in [0.5, 0.6) is 11.5 Å². The first-order chi connectivity index (χ1) is 10.7. The number of hydrogen-bond donors (Lipinski definition) is 0. The molecule has 2 aromatic carbocycles. The van der Waals surface area contributed by atoms with Crippen LogP contribution in [-0.2, 0) is 0 Å². The molecule has 3 rings (SSSR count). The molecule has 3 nitrogen and oxygen atoms in total. The lowest BCUT2D eigenvalue weighted by Crippen LogP contribution is -1.98. The number of rotatable bonds is 4. The summed E-state index contributed by atoms with van der Waals surface area (Å²) in [5.74, 6) is 1.40. The summed E-state index contributed by atoms with van der Waals surface area (Å²) in [5, 5.41) is 0. The van der Waals surface area contributed by atoms with E-state index in [0.717, 1.165) is 16.0 Å². The quantitative estimate of drug-likeness (QED) is 0.783. The fourth-order valence-corrected chi connectivity index (χ4v) is 3.45. The summed E-state index contributed by atoms with van der Waals surface area (Å²) >= 11 is 1.49. The molecule has 0 amide bonds. The van der Waals surface area contributed by atoms with Crippen molar-refractivity contribution in [2.75, 3.05) is 13.7 Å². The fraction of sp³-hybridized carbons (Fsp3) is 0.167. The maximum atomic E-state index is 12.5. The molecule has 0 fully saturated rings. The van der Waals surface area contributed by atoms with Crippen LogP contribution in [0.15, 0.2) is 52.3 Å². The molecule has 4 heteroatoms. The zero-order chi connectivity index (χ0) is 15.5. The zero-order valence-corrected chi connectivity index (χ0v) is 13.3. The van der Waals surface area contributed by atoms with Gasteiger partial charge in [-0.3, -0.25) is 4.79 Å². The van der Waals surface area contributed by atoms with Gasteiger partial charge >= 0.3 is 0 Å². The second-order valence-electron chi connectivity index (χ2n) is 4.75. The number of benzene rings is 2. The highest BCUT2D eigenvalue weighted by molar-refractivity contribution is 8.04. The first kappa shape index (κ1) is 14.7. The summed E-state index contributed by atoms with van der Waals surface area (Å²) in [6.07, 6.45) is 1.87. The molecule has 0 N–H and O–H groups in total. The van der Waals surface area contributed by atoms with Crippen LogP contribution in [-0.4, -0.2) is 19.5 Å². The molecule has 112 valence electrons. The minimum absolute atomic E-state index is 0.0597. The molecular formula is C18H16O3S. The van der Waals surface area contributed by atoms with E-state index in [0.29, 0.717) is 23.0 Å². The second kappa shape index (κ2) is 6.28. The van der Waals surface area contributed by atoms with E-state index in [1.165, 1.54) is 11.8 Å². The lowest BCUT2D eigenvalue weighted by Gasteiger charge is -2.11. The summed E-state index contributed by atoms with van der Waals surface area (Å²) in [7, 11) is 1.61. The average molecular weight is 312 g/mol. The van der Waals surface area contributed by atoms with Crippen molar-refractivity contribution in [1.29, 1.82) is 0 Å².